The summed E-state index contributed by atoms with van der Waals surface area (Å²) in [5, 5.41) is 0. The molecule has 0 aliphatic carbocycles. The van der Waals surface area contributed by atoms with Gasteiger partial charge in [0.1, 0.15) is 0 Å². The van der Waals surface area contributed by atoms with Crippen molar-refractivity contribution in [3.8, 4) is 11.5 Å². The molecule has 0 fully saturated rings. The Labute approximate surface area is 141 Å². The maximum Gasteiger partial charge on any atom is 0.175 e. The van der Waals surface area contributed by atoms with Crippen molar-refractivity contribution in [3.63, 3.8) is 0 Å². The minimum Gasteiger partial charge on any atom is -0.493 e. The van der Waals surface area contributed by atoms with Crippen molar-refractivity contribution < 1.29 is 9.47 Å². The third-order valence-corrected chi connectivity index (χ3v) is 4.77. The molecule has 120 valence electrons. The van der Waals surface area contributed by atoms with E-state index in [1.54, 1.807) is 7.11 Å². The lowest BCUT2D eigenvalue weighted by molar-refractivity contribution is 0.293. The van der Waals surface area contributed by atoms with Gasteiger partial charge in [0.25, 0.3) is 0 Å². The van der Waals surface area contributed by atoms with Gasteiger partial charge in [-0.25, -0.2) is 0 Å². The van der Waals surface area contributed by atoms with Crippen LogP contribution in [0.25, 0.3) is 0 Å². The van der Waals surface area contributed by atoms with Gasteiger partial charge < -0.3 is 15.2 Å². The SMILES string of the molecule is CCSCCCOc1c(Br)cc(CC(N)CC)cc1OC. The molecule has 0 bridgehead atoms. The van der Waals surface area contributed by atoms with Crippen LogP contribution in [0, 0.1) is 0 Å². The van der Waals surface area contributed by atoms with Crippen molar-refractivity contribution in [2.45, 2.75) is 39.2 Å². The quantitative estimate of drug-likeness (QED) is 0.620. The van der Waals surface area contributed by atoms with E-state index in [1.165, 1.54) is 5.56 Å². The van der Waals surface area contributed by atoms with Crippen molar-refractivity contribution in [1.82, 2.24) is 0 Å². The van der Waals surface area contributed by atoms with E-state index in [-0.39, 0.29) is 6.04 Å². The molecule has 0 spiro atoms. The van der Waals surface area contributed by atoms with Crippen molar-refractivity contribution in [2.24, 2.45) is 5.73 Å². The third kappa shape index (κ3) is 6.49. The lowest BCUT2D eigenvalue weighted by atomic mass is 10.0. The molecule has 3 nitrogen and oxygen atoms in total. The number of rotatable bonds is 10. The van der Waals surface area contributed by atoms with Crippen molar-refractivity contribution >= 4 is 27.7 Å². The first-order valence-corrected chi connectivity index (χ1v) is 9.39. The first-order chi connectivity index (χ1) is 10.1. The van der Waals surface area contributed by atoms with Crippen LogP contribution in [0.15, 0.2) is 16.6 Å². The fraction of sp³-hybridized carbons (Fsp3) is 0.625. The van der Waals surface area contributed by atoms with Gasteiger partial charge in [-0.3, -0.25) is 0 Å². The number of ether oxygens (including phenoxy) is 2. The van der Waals surface area contributed by atoms with E-state index in [1.807, 2.05) is 17.8 Å². The number of hydrogen-bond acceptors (Lipinski definition) is 4. The lowest BCUT2D eigenvalue weighted by Crippen LogP contribution is -2.21. The summed E-state index contributed by atoms with van der Waals surface area (Å²) >= 11 is 5.51. The summed E-state index contributed by atoms with van der Waals surface area (Å²) in [6.45, 7) is 4.98. The zero-order valence-corrected chi connectivity index (χ0v) is 15.6. The first-order valence-electron chi connectivity index (χ1n) is 7.44. The van der Waals surface area contributed by atoms with Gasteiger partial charge in [0.2, 0.25) is 0 Å². The van der Waals surface area contributed by atoms with Crippen LogP contribution >= 0.6 is 27.7 Å². The largest absolute Gasteiger partial charge is 0.493 e. The second-order valence-electron chi connectivity index (χ2n) is 4.88. The molecule has 0 saturated carbocycles. The van der Waals surface area contributed by atoms with Crippen LogP contribution in [0.2, 0.25) is 0 Å². The monoisotopic (exact) mass is 375 g/mol. The minimum atomic E-state index is 0.180. The molecule has 5 heteroatoms. The molecule has 2 N–H and O–H groups in total. The molecule has 0 radical (unpaired) electrons. The molecule has 1 rings (SSSR count). The fourth-order valence-electron chi connectivity index (χ4n) is 1.96. The molecule has 0 saturated heterocycles. The maximum atomic E-state index is 6.02. The van der Waals surface area contributed by atoms with Gasteiger partial charge in [-0.15, -0.1) is 0 Å². The Morgan fingerprint density at radius 1 is 1.33 bits per heavy atom. The zero-order chi connectivity index (χ0) is 15.7. The molecular formula is C16H26BrNO2S. The molecule has 0 heterocycles. The van der Waals surface area contributed by atoms with Crippen molar-refractivity contribution in [3.05, 3.63) is 22.2 Å². The number of nitrogens with two attached hydrogens (primary N) is 1. The summed E-state index contributed by atoms with van der Waals surface area (Å²) < 4.78 is 12.3. The fourth-order valence-corrected chi connectivity index (χ4v) is 3.17. The smallest absolute Gasteiger partial charge is 0.175 e. The molecule has 1 unspecified atom stereocenters. The first kappa shape index (κ1) is 18.7. The van der Waals surface area contributed by atoms with Gasteiger partial charge in [-0.05, 0) is 64.4 Å². The molecule has 1 aromatic carbocycles. The van der Waals surface area contributed by atoms with Gasteiger partial charge in [-0.1, -0.05) is 13.8 Å². The van der Waals surface area contributed by atoms with Gasteiger partial charge >= 0.3 is 0 Å². The van der Waals surface area contributed by atoms with E-state index in [2.05, 4.69) is 35.8 Å². The summed E-state index contributed by atoms with van der Waals surface area (Å²) in [5.41, 5.74) is 7.19. The average Bonchev–Trinajstić information content (AvgIpc) is 2.48. The number of benzene rings is 1. The van der Waals surface area contributed by atoms with E-state index in [4.69, 9.17) is 15.2 Å². The third-order valence-electron chi connectivity index (χ3n) is 3.20. The van der Waals surface area contributed by atoms with Crippen LogP contribution in [0.4, 0.5) is 0 Å². The zero-order valence-electron chi connectivity index (χ0n) is 13.2. The highest BCUT2D eigenvalue weighted by atomic mass is 79.9. The molecule has 21 heavy (non-hydrogen) atoms. The second kappa shape index (κ2) is 10.4. The van der Waals surface area contributed by atoms with Crippen LogP contribution in [0.1, 0.15) is 32.3 Å². The summed E-state index contributed by atoms with van der Waals surface area (Å²) in [6.07, 6.45) is 2.85. The highest BCUT2D eigenvalue weighted by Crippen LogP contribution is 2.37. The molecule has 0 aromatic heterocycles. The number of thioether (sulfide) groups is 1. The van der Waals surface area contributed by atoms with E-state index in [0.29, 0.717) is 6.61 Å². The predicted octanol–water partition coefficient (Wildman–Crippen LogP) is 4.26. The summed E-state index contributed by atoms with van der Waals surface area (Å²) in [4.78, 5) is 0. The normalized spacial score (nSPS) is 12.2. The topological polar surface area (TPSA) is 44.5 Å². The average molecular weight is 376 g/mol. The van der Waals surface area contributed by atoms with Gasteiger partial charge in [0.15, 0.2) is 11.5 Å². The van der Waals surface area contributed by atoms with E-state index < -0.39 is 0 Å². The highest BCUT2D eigenvalue weighted by Gasteiger charge is 2.13. The molecule has 0 amide bonds. The van der Waals surface area contributed by atoms with Gasteiger partial charge in [0.05, 0.1) is 18.2 Å². The Morgan fingerprint density at radius 2 is 2.10 bits per heavy atom. The van der Waals surface area contributed by atoms with Gasteiger partial charge in [-0.2, -0.15) is 11.8 Å². The van der Waals surface area contributed by atoms with Crippen LogP contribution in [0.5, 0.6) is 11.5 Å². The Hall–Kier alpha value is -0.390. The highest BCUT2D eigenvalue weighted by molar-refractivity contribution is 9.10. The molecule has 1 atom stereocenters. The Bertz CT molecular complexity index is 429. The van der Waals surface area contributed by atoms with Crippen LogP contribution < -0.4 is 15.2 Å². The molecule has 0 aliphatic heterocycles. The van der Waals surface area contributed by atoms with Crippen LogP contribution in [-0.2, 0) is 6.42 Å². The van der Waals surface area contributed by atoms with E-state index in [0.717, 1.165) is 46.7 Å². The molecule has 0 aliphatic rings. The Morgan fingerprint density at radius 3 is 2.71 bits per heavy atom. The minimum absolute atomic E-state index is 0.180. The number of halogens is 1. The summed E-state index contributed by atoms with van der Waals surface area (Å²) in [6, 6.07) is 4.28. The number of hydrogen-bond donors (Lipinski definition) is 1. The number of methoxy groups -OCH3 is 1. The maximum absolute atomic E-state index is 6.02. The van der Waals surface area contributed by atoms with E-state index >= 15 is 0 Å². The summed E-state index contributed by atoms with van der Waals surface area (Å²) in [7, 11) is 1.67. The second-order valence-corrected chi connectivity index (χ2v) is 7.13. The van der Waals surface area contributed by atoms with Crippen LogP contribution in [0.3, 0.4) is 0 Å². The van der Waals surface area contributed by atoms with E-state index in [9.17, 15) is 0 Å². The standard InChI is InChI=1S/C16H26BrNO2S/c1-4-13(18)9-12-10-14(17)16(15(11-12)19-3)20-7-6-8-21-5-2/h10-11,13H,4-9,18H2,1-3H3. The van der Waals surface area contributed by atoms with Crippen molar-refractivity contribution in [1.29, 1.82) is 0 Å². The van der Waals surface area contributed by atoms with Gasteiger partial charge in [0, 0.05) is 6.04 Å². The lowest BCUT2D eigenvalue weighted by Gasteiger charge is -2.16. The molecular weight excluding hydrogens is 350 g/mol. The predicted molar refractivity (Wildman–Crippen MR) is 95.8 cm³/mol. The van der Waals surface area contributed by atoms with Crippen molar-refractivity contribution in [2.75, 3.05) is 25.2 Å². The Balaban J connectivity index is 2.70. The summed E-state index contributed by atoms with van der Waals surface area (Å²) in [5.74, 6) is 3.83. The Kier molecular flexibility index (Phi) is 9.20. The molecule has 1 aromatic rings. The van der Waals surface area contributed by atoms with Crippen LogP contribution in [-0.4, -0.2) is 31.3 Å².